The van der Waals surface area contributed by atoms with E-state index in [1.54, 1.807) is 6.20 Å². The molecular formula is C22H30N8O2S. The summed E-state index contributed by atoms with van der Waals surface area (Å²) in [7, 11) is 0. The summed E-state index contributed by atoms with van der Waals surface area (Å²) in [5.41, 5.74) is 0. The third-order valence-electron chi connectivity index (χ3n) is 6.69. The first-order valence-corrected chi connectivity index (χ1v) is 12.5. The van der Waals surface area contributed by atoms with E-state index in [1.165, 1.54) is 24.2 Å². The number of piperidine rings is 1. The van der Waals surface area contributed by atoms with Gasteiger partial charge < -0.3 is 25.4 Å². The first-order chi connectivity index (χ1) is 16.2. The first-order valence-electron chi connectivity index (χ1n) is 11.7. The van der Waals surface area contributed by atoms with Gasteiger partial charge in [-0.05, 0) is 25.7 Å². The van der Waals surface area contributed by atoms with Gasteiger partial charge >= 0.3 is 0 Å². The number of anilines is 4. The number of aliphatic hydroxyl groups excluding tert-OH is 1. The number of hydrogen-bond donors (Lipinski definition) is 3. The number of ether oxygens (including phenoxy) is 1. The standard InChI is InChI=1S/C22H30N8O2S/c23-4-1-5-30-16-2-3-17(30)11-15(10-16)25-21-26-19(27-22-24-13-18(14-31)33-22)12-20(28-21)29-6-8-32-9-7-29/h12-13,15-17,31H,1-3,5-11,14H2,(H2,24,25,26,27,28)/t15?,16-,17+. The van der Waals surface area contributed by atoms with Crippen molar-refractivity contribution in [2.24, 2.45) is 0 Å². The molecule has 3 aliphatic heterocycles. The van der Waals surface area contributed by atoms with Crippen molar-refractivity contribution in [3.63, 3.8) is 0 Å². The van der Waals surface area contributed by atoms with Gasteiger partial charge in [0.15, 0.2) is 5.13 Å². The molecule has 2 aromatic rings. The lowest BCUT2D eigenvalue weighted by Gasteiger charge is -2.39. The molecule has 5 rings (SSSR count). The maximum Gasteiger partial charge on any atom is 0.226 e. The number of aromatic nitrogens is 3. The highest BCUT2D eigenvalue weighted by Crippen LogP contribution is 2.37. The van der Waals surface area contributed by atoms with Crippen LogP contribution in [0, 0.1) is 11.3 Å². The Morgan fingerprint density at radius 1 is 1.21 bits per heavy atom. The van der Waals surface area contributed by atoms with Crippen molar-refractivity contribution < 1.29 is 9.84 Å². The Bertz CT molecular complexity index is 975. The van der Waals surface area contributed by atoms with Crippen LogP contribution in [0.25, 0.3) is 0 Å². The Morgan fingerprint density at radius 2 is 2.00 bits per heavy atom. The molecule has 2 bridgehead atoms. The van der Waals surface area contributed by atoms with Gasteiger partial charge in [-0.15, -0.1) is 0 Å². The molecule has 0 spiro atoms. The molecule has 0 aliphatic carbocycles. The predicted octanol–water partition coefficient (Wildman–Crippen LogP) is 2.33. The maximum absolute atomic E-state index is 9.34. The Labute approximate surface area is 197 Å². The Balaban J connectivity index is 1.33. The summed E-state index contributed by atoms with van der Waals surface area (Å²) in [6.07, 6.45) is 6.76. The largest absolute Gasteiger partial charge is 0.391 e. The van der Waals surface area contributed by atoms with Crippen LogP contribution < -0.4 is 15.5 Å². The van der Waals surface area contributed by atoms with Crippen LogP contribution in [0.5, 0.6) is 0 Å². The lowest BCUT2D eigenvalue weighted by Crippen LogP contribution is -2.47. The summed E-state index contributed by atoms with van der Waals surface area (Å²) >= 11 is 1.41. The molecule has 3 fully saturated rings. The Morgan fingerprint density at radius 3 is 2.70 bits per heavy atom. The van der Waals surface area contributed by atoms with Crippen LogP contribution in [0.4, 0.5) is 22.7 Å². The lowest BCUT2D eigenvalue weighted by atomic mass is 9.97. The summed E-state index contributed by atoms with van der Waals surface area (Å²) in [5.74, 6) is 2.17. The van der Waals surface area contributed by atoms with Crippen molar-refractivity contribution in [3.05, 3.63) is 17.1 Å². The van der Waals surface area contributed by atoms with Crippen LogP contribution in [0.2, 0.25) is 0 Å². The fourth-order valence-corrected chi connectivity index (χ4v) is 5.86. The molecule has 3 saturated heterocycles. The monoisotopic (exact) mass is 470 g/mol. The second-order valence-electron chi connectivity index (χ2n) is 8.79. The Kier molecular flexibility index (Phi) is 6.87. The first kappa shape index (κ1) is 22.3. The second-order valence-corrected chi connectivity index (χ2v) is 9.91. The van der Waals surface area contributed by atoms with Crippen molar-refractivity contribution >= 4 is 34.1 Å². The molecule has 0 radical (unpaired) electrons. The average Bonchev–Trinajstić information content (AvgIpc) is 3.38. The maximum atomic E-state index is 9.34. The van der Waals surface area contributed by atoms with E-state index < -0.39 is 0 Å². The Hall–Kier alpha value is -2.52. The minimum Gasteiger partial charge on any atom is -0.391 e. The summed E-state index contributed by atoms with van der Waals surface area (Å²) in [6.45, 7) is 3.81. The normalized spacial score (nSPS) is 25.1. The van der Waals surface area contributed by atoms with E-state index in [0.29, 0.717) is 54.7 Å². The number of nitrogens with one attached hydrogen (secondary N) is 2. The van der Waals surface area contributed by atoms with Gasteiger partial charge in [0.1, 0.15) is 11.6 Å². The third-order valence-corrected chi connectivity index (χ3v) is 7.59. The van der Waals surface area contributed by atoms with Crippen molar-refractivity contribution in [3.8, 4) is 6.07 Å². The van der Waals surface area contributed by atoms with E-state index in [9.17, 15) is 5.11 Å². The fourth-order valence-electron chi connectivity index (χ4n) is 5.18. The molecule has 0 aromatic carbocycles. The minimum atomic E-state index is -0.0235. The van der Waals surface area contributed by atoms with Crippen molar-refractivity contribution in [1.82, 2.24) is 19.9 Å². The number of hydrogen-bond acceptors (Lipinski definition) is 11. The zero-order chi connectivity index (χ0) is 22.6. The number of rotatable bonds is 8. The van der Waals surface area contributed by atoms with Gasteiger partial charge in [0.2, 0.25) is 5.95 Å². The number of nitriles is 1. The summed E-state index contributed by atoms with van der Waals surface area (Å²) in [4.78, 5) is 19.5. The molecule has 3 aliphatic rings. The highest BCUT2D eigenvalue weighted by molar-refractivity contribution is 7.15. The van der Waals surface area contributed by atoms with Gasteiger partial charge in [0.05, 0.1) is 30.8 Å². The van der Waals surface area contributed by atoms with E-state index in [1.807, 2.05) is 6.07 Å². The van der Waals surface area contributed by atoms with E-state index in [2.05, 4.69) is 31.5 Å². The summed E-state index contributed by atoms with van der Waals surface area (Å²) in [5, 5.41) is 25.9. The molecular weight excluding hydrogens is 440 g/mol. The van der Waals surface area contributed by atoms with Crippen LogP contribution in [-0.4, -0.2) is 75.9 Å². The number of fused-ring (bicyclic) bond motifs is 2. The van der Waals surface area contributed by atoms with E-state index >= 15 is 0 Å². The SMILES string of the molecule is N#CCCN1[C@@H]2CC[C@H]1CC(Nc1nc(Nc3ncc(CO)s3)cc(N3CCOCC3)n1)C2. The molecule has 33 heavy (non-hydrogen) atoms. The van der Waals surface area contributed by atoms with Gasteiger partial charge in [-0.1, -0.05) is 11.3 Å². The number of morpholine rings is 1. The van der Waals surface area contributed by atoms with Crippen LogP contribution in [0.1, 0.15) is 37.0 Å². The molecule has 2 aromatic heterocycles. The van der Waals surface area contributed by atoms with Gasteiger partial charge in [-0.25, -0.2) is 4.98 Å². The van der Waals surface area contributed by atoms with Crippen molar-refractivity contribution in [2.45, 2.75) is 56.8 Å². The minimum absolute atomic E-state index is 0.0235. The van der Waals surface area contributed by atoms with E-state index in [4.69, 9.17) is 20.0 Å². The predicted molar refractivity (Wildman–Crippen MR) is 127 cm³/mol. The number of thiazole rings is 1. The third kappa shape index (κ3) is 5.19. The van der Waals surface area contributed by atoms with Crippen molar-refractivity contribution in [1.29, 1.82) is 5.26 Å². The number of nitrogens with zero attached hydrogens (tertiary/aromatic N) is 6. The molecule has 0 amide bonds. The highest BCUT2D eigenvalue weighted by atomic mass is 32.1. The van der Waals surface area contributed by atoms with Crippen molar-refractivity contribution in [2.75, 3.05) is 48.4 Å². The smallest absolute Gasteiger partial charge is 0.226 e. The fraction of sp³-hybridized carbons (Fsp3) is 0.636. The molecule has 10 nitrogen and oxygen atoms in total. The zero-order valence-electron chi connectivity index (χ0n) is 18.6. The molecule has 176 valence electrons. The van der Waals surface area contributed by atoms with Gasteiger partial charge in [-0.2, -0.15) is 15.2 Å². The molecule has 5 heterocycles. The van der Waals surface area contributed by atoms with Crippen LogP contribution >= 0.6 is 11.3 Å². The van der Waals surface area contributed by atoms with Gasteiger partial charge in [-0.3, -0.25) is 4.90 Å². The summed E-state index contributed by atoms with van der Waals surface area (Å²) < 4.78 is 5.51. The number of aliphatic hydroxyl groups is 1. The zero-order valence-corrected chi connectivity index (χ0v) is 19.4. The van der Waals surface area contributed by atoms with Gasteiger partial charge in [0, 0.05) is 56.4 Å². The molecule has 3 N–H and O–H groups in total. The van der Waals surface area contributed by atoms with Gasteiger partial charge in [0.25, 0.3) is 0 Å². The lowest BCUT2D eigenvalue weighted by molar-refractivity contribution is 0.122. The second kappa shape index (κ2) is 10.2. The van der Waals surface area contributed by atoms with E-state index in [-0.39, 0.29) is 6.61 Å². The summed E-state index contributed by atoms with van der Waals surface area (Å²) in [6, 6.07) is 5.61. The van der Waals surface area contributed by atoms with Crippen LogP contribution in [-0.2, 0) is 11.3 Å². The quantitative estimate of drug-likeness (QED) is 0.530. The topological polar surface area (TPSA) is 122 Å². The highest BCUT2D eigenvalue weighted by Gasteiger charge is 2.40. The molecule has 3 atom stereocenters. The van der Waals surface area contributed by atoms with E-state index in [0.717, 1.165) is 43.2 Å². The molecule has 1 unspecified atom stereocenters. The average molecular weight is 471 g/mol. The van der Waals surface area contributed by atoms with Crippen LogP contribution in [0.15, 0.2) is 12.3 Å². The molecule has 0 saturated carbocycles. The van der Waals surface area contributed by atoms with Crippen LogP contribution in [0.3, 0.4) is 0 Å². The molecule has 11 heteroatoms.